The van der Waals surface area contributed by atoms with Crippen LogP contribution in [0.25, 0.3) is 37.9 Å². The van der Waals surface area contributed by atoms with Crippen LogP contribution in [-0.4, -0.2) is 5.17 Å². The van der Waals surface area contributed by atoms with E-state index in [-0.39, 0.29) is 5.41 Å². The van der Waals surface area contributed by atoms with E-state index in [0.29, 0.717) is 5.17 Å². The van der Waals surface area contributed by atoms with Gasteiger partial charge in [0.25, 0.3) is 0 Å². The third-order valence-electron chi connectivity index (χ3n) is 6.16. The SMILES string of the molecule is C=CC1=C(N=C(C)Cl)C(C)(C)c2cc3c4ccccc4c4ccccc4c3cc21. The molecule has 4 aromatic carbocycles. The Morgan fingerprint density at radius 3 is 1.83 bits per heavy atom. The Morgan fingerprint density at radius 2 is 1.34 bits per heavy atom. The third-order valence-corrected chi connectivity index (χ3v) is 6.25. The molecule has 0 unspecified atom stereocenters. The van der Waals surface area contributed by atoms with Crippen molar-refractivity contribution in [3.63, 3.8) is 0 Å². The smallest absolute Gasteiger partial charge is 0.103 e. The van der Waals surface area contributed by atoms with Crippen LogP contribution in [0.5, 0.6) is 0 Å². The van der Waals surface area contributed by atoms with Crippen LogP contribution in [-0.2, 0) is 5.41 Å². The van der Waals surface area contributed by atoms with Crippen molar-refractivity contribution in [3.8, 4) is 0 Å². The second-order valence-corrected chi connectivity index (χ2v) is 8.78. The van der Waals surface area contributed by atoms with Crippen molar-refractivity contribution < 1.29 is 0 Å². The number of benzene rings is 4. The van der Waals surface area contributed by atoms with E-state index in [1.807, 2.05) is 13.0 Å². The highest BCUT2D eigenvalue weighted by atomic mass is 35.5. The van der Waals surface area contributed by atoms with E-state index in [4.69, 9.17) is 16.6 Å². The van der Waals surface area contributed by atoms with Crippen LogP contribution in [0.2, 0.25) is 0 Å². The molecule has 29 heavy (non-hydrogen) atoms. The Balaban J connectivity index is 1.99. The Morgan fingerprint density at radius 1 is 0.862 bits per heavy atom. The van der Waals surface area contributed by atoms with Crippen molar-refractivity contribution in [1.29, 1.82) is 0 Å². The average molecular weight is 396 g/mol. The van der Waals surface area contributed by atoms with Gasteiger partial charge in [-0.25, -0.2) is 4.99 Å². The standard InChI is InChI=1S/C27H22ClN/c1-5-17-24-14-22-20-12-8-6-10-18(20)19-11-7-9-13-21(19)23(22)15-25(24)27(3,4)26(17)29-16(2)28/h5-15H,1H2,2-4H3. The summed E-state index contributed by atoms with van der Waals surface area (Å²) in [5.41, 5.74) is 4.30. The minimum absolute atomic E-state index is 0.240. The predicted octanol–water partition coefficient (Wildman–Crippen LogP) is 7.99. The summed E-state index contributed by atoms with van der Waals surface area (Å²) >= 11 is 6.19. The van der Waals surface area contributed by atoms with Crippen LogP contribution in [0, 0.1) is 0 Å². The quantitative estimate of drug-likeness (QED) is 0.241. The van der Waals surface area contributed by atoms with Gasteiger partial charge in [-0.05, 0) is 62.5 Å². The lowest BCUT2D eigenvalue weighted by Crippen LogP contribution is -2.16. The summed E-state index contributed by atoms with van der Waals surface area (Å²) in [5.74, 6) is 0. The summed E-state index contributed by atoms with van der Waals surface area (Å²) in [6.07, 6.45) is 1.92. The van der Waals surface area contributed by atoms with Crippen LogP contribution < -0.4 is 0 Å². The number of hydrogen-bond acceptors (Lipinski definition) is 1. The molecule has 0 saturated heterocycles. The van der Waals surface area contributed by atoms with Crippen LogP contribution in [0.4, 0.5) is 0 Å². The fourth-order valence-corrected chi connectivity index (χ4v) is 4.93. The van der Waals surface area contributed by atoms with E-state index in [1.54, 1.807) is 0 Å². The number of hydrogen-bond donors (Lipinski definition) is 0. The van der Waals surface area contributed by atoms with Gasteiger partial charge >= 0.3 is 0 Å². The largest absolute Gasteiger partial charge is 0.244 e. The molecule has 4 aromatic rings. The second-order valence-electron chi connectivity index (χ2n) is 8.23. The molecular weight excluding hydrogens is 374 g/mol. The lowest BCUT2D eigenvalue weighted by Gasteiger charge is -2.23. The molecule has 1 aliphatic rings. The van der Waals surface area contributed by atoms with Crippen LogP contribution in [0.3, 0.4) is 0 Å². The van der Waals surface area contributed by atoms with E-state index in [1.165, 1.54) is 43.4 Å². The monoisotopic (exact) mass is 395 g/mol. The van der Waals surface area contributed by atoms with Gasteiger partial charge in [0.15, 0.2) is 0 Å². The second kappa shape index (κ2) is 6.30. The van der Waals surface area contributed by atoms with Crippen molar-refractivity contribution in [2.75, 3.05) is 0 Å². The van der Waals surface area contributed by atoms with Gasteiger partial charge in [-0.3, -0.25) is 0 Å². The number of nitrogens with zero attached hydrogens (tertiary/aromatic N) is 1. The first-order valence-electron chi connectivity index (χ1n) is 9.89. The van der Waals surface area contributed by atoms with E-state index >= 15 is 0 Å². The van der Waals surface area contributed by atoms with Crippen molar-refractivity contribution >= 4 is 54.7 Å². The van der Waals surface area contributed by atoms with Gasteiger partial charge in [0.2, 0.25) is 0 Å². The molecule has 0 aromatic heterocycles. The maximum atomic E-state index is 6.19. The molecule has 0 fully saturated rings. The van der Waals surface area contributed by atoms with E-state index in [2.05, 4.69) is 81.1 Å². The molecule has 0 amide bonds. The minimum Gasteiger partial charge on any atom is -0.244 e. The van der Waals surface area contributed by atoms with Crippen molar-refractivity contribution in [2.24, 2.45) is 4.99 Å². The fourth-order valence-electron chi connectivity index (χ4n) is 4.84. The molecule has 1 nitrogen and oxygen atoms in total. The number of fused-ring (bicyclic) bond motifs is 7. The van der Waals surface area contributed by atoms with Gasteiger partial charge in [-0.2, -0.15) is 0 Å². The zero-order chi connectivity index (χ0) is 20.3. The molecule has 0 atom stereocenters. The molecule has 0 radical (unpaired) electrons. The van der Waals surface area contributed by atoms with Crippen molar-refractivity contribution in [1.82, 2.24) is 0 Å². The Bertz CT molecular complexity index is 1400. The van der Waals surface area contributed by atoms with Gasteiger partial charge in [-0.1, -0.05) is 86.6 Å². The normalized spacial score (nSPS) is 16.1. The minimum atomic E-state index is -0.240. The maximum absolute atomic E-state index is 6.19. The number of allylic oxidation sites excluding steroid dienone is 3. The van der Waals surface area contributed by atoms with Gasteiger partial charge in [0.05, 0.1) is 5.70 Å². The van der Waals surface area contributed by atoms with Crippen LogP contribution in [0.15, 0.2) is 84.0 Å². The molecule has 2 heteroatoms. The summed E-state index contributed by atoms with van der Waals surface area (Å²) in [6.45, 7) is 10.3. The van der Waals surface area contributed by atoms with E-state index in [0.717, 1.165) is 11.3 Å². The highest BCUT2D eigenvalue weighted by molar-refractivity contribution is 6.64. The topological polar surface area (TPSA) is 12.4 Å². The number of halogens is 1. The molecule has 0 saturated carbocycles. The molecule has 0 bridgehead atoms. The average Bonchev–Trinajstić information content (AvgIpc) is 2.92. The highest BCUT2D eigenvalue weighted by Gasteiger charge is 2.37. The summed E-state index contributed by atoms with van der Waals surface area (Å²) in [4.78, 5) is 4.70. The lowest BCUT2D eigenvalue weighted by molar-refractivity contribution is 0.633. The summed E-state index contributed by atoms with van der Waals surface area (Å²) in [6, 6.07) is 22.0. The van der Waals surface area contributed by atoms with Gasteiger partial charge in [0.1, 0.15) is 5.17 Å². The number of aliphatic imine (C=N–C) groups is 1. The zero-order valence-electron chi connectivity index (χ0n) is 16.9. The van der Waals surface area contributed by atoms with E-state index < -0.39 is 0 Å². The van der Waals surface area contributed by atoms with Gasteiger partial charge in [-0.15, -0.1) is 0 Å². The summed E-state index contributed by atoms with van der Waals surface area (Å²) in [7, 11) is 0. The van der Waals surface area contributed by atoms with Crippen molar-refractivity contribution in [2.45, 2.75) is 26.2 Å². The summed E-state index contributed by atoms with van der Waals surface area (Å²) in [5, 5.41) is 8.22. The molecule has 0 spiro atoms. The first kappa shape index (κ1) is 18.1. The highest BCUT2D eigenvalue weighted by Crippen LogP contribution is 2.50. The Labute approximate surface area is 176 Å². The van der Waals surface area contributed by atoms with Gasteiger partial charge in [0, 0.05) is 11.0 Å². The fraction of sp³-hybridized carbons (Fsp3) is 0.148. The Hall–Kier alpha value is -2.90. The molecule has 0 N–H and O–H groups in total. The predicted molar refractivity (Wildman–Crippen MR) is 128 cm³/mol. The Kier molecular flexibility index (Phi) is 3.94. The lowest BCUT2D eigenvalue weighted by atomic mass is 9.82. The van der Waals surface area contributed by atoms with Crippen LogP contribution in [0.1, 0.15) is 31.9 Å². The van der Waals surface area contributed by atoms with Crippen molar-refractivity contribution in [3.05, 3.63) is 90.1 Å². The molecule has 5 rings (SSSR count). The maximum Gasteiger partial charge on any atom is 0.103 e. The van der Waals surface area contributed by atoms with E-state index in [9.17, 15) is 0 Å². The van der Waals surface area contributed by atoms with Gasteiger partial charge < -0.3 is 0 Å². The molecule has 142 valence electrons. The van der Waals surface area contributed by atoms with Crippen LogP contribution >= 0.6 is 11.6 Å². The zero-order valence-corrected chi connectivity index (χ0v) is 17.6. The first-order chi connectivity index (χ1) is 13.9. The molecule has 1 aliphatic carbocycles. The first-order valence-corrected chi connectivity index (χ1v) is 10.3. The third kappa shape index (κ3) is 2.51. The molecular formula is C27H22ClN. The molecule has 0 heterocycles. The number of rotatable bonds is 2. The summed E-state index contributed by atoms with van der Waals surface area (Å²) < 4.78 is 0. The molecule has 0 aliphatic heterocycles.